The highest BCUT2D eigenvalue weighted by Crippen LogP contribution is 2.38. The lowest BCUT2D eigenvalue weighted by molar-refractivity contribution is -0.145. The largest absolute Gasteiger partial charge is 0.391 e. The van der Waals surface area contributed by atoms with Gasteiger partial charge in [-0.15, -0.1) is 0 Å². The minimum Gasteiger partial charge on any atom is -0.391 e. The second-order valence-corrected chi connectivity index (χ2v) is 9.83. The van der Waals surface area contributed by atoms with Crippen molar-refractivity contribution in [1.29, 1.82) is 0 Å². The molecule has 0 aliphatic carbocycles. The first-order chi connectivity index (χ1) is 16.2. The van der Waals surface area contributed by atoms with E-state index in [1.165, 1.54) is 16.8 Å². The molecule has 2 saturated heterocycles. The topological polar surface area (TPSA) is 98.6 Å². The molecule has 184 valence electrons. The van der Waals surface area contributed by atoms with Gasteiger partial charge in [-0.2, -0.15) is 0 Å². The Hall–Kier alpha value is -2.78. The van der Waals surface area contributed by atoms with Gasteiger partial charge in [0, 0.05) is 24.8 Å². The molecule has 1 amide bonds. The van der Waals surface area contributed by atoms with Gasteiger partial charge in [-0.1, -0.05) is 18.2 Å². The highest BCUT2D eigenvalue weighted by molar-refractivity contribution is 5.83. The van der Waals surface area contributed by atoms with Gasteiger partial charge in [0.05, 0.1) is 17.6 Å². The van der Waals surface area contributed by atoms with E-state index in [-0.39, 0.29) is 11.7 Å². The number of likely N-dealkylation sites (tertiary alicyclic amines) is 2. The van der Waals surface area contributed by atoms with E-state index in [9.17, 15) is 23.9 Å². The number of aliphatic hydroxyl groups is 1. The van der Waals surface area contributed by atoms with Crippen LogP contribution in [0.3, 0.4) is 0 Å². The monoisotopic (exact) mass is 472 g/mol. The van der Waals surface area contributed by atoms with Crippen LogP contribution in [0.1, 0.15) is 42.9 Å². The summed E-state index contributed by atoms with van der Waals surface area (Å²) in [6.45, 7) is 3.86. The molecule has 34 heavy (non-hydrogen) atoms. The second kappa shape index (κ2) is 9.84. The number of piperidine rings is 1. The molecule has 2 N–H and O–H groups in total. The fourth-order valence-electron chi connectivity index (χ4n) is 5.29. The van der Waals surface area contributed by atoms with Gasteiger partial charge in [0.2, 0.25) is 5.91 Å². The molecular formula is C25H33FN4O4. The number of benzene rings is 1. The van der Waals surface area contributed by atoms with E-state index in [1.807, 2.05) is 7.05 Å². The minimum absolute atomic E-state index is 0.0123. The summed E-state index contributed by atoms with van der Waals surface area (Å²) in [6, 6.07) is 6.08. The number of hydrogen-bond acceptors (Lipinski definition) is 5. The van der Waals surface area contributed by atoms with Crippen molar-refractivity contribution in [2.45, 2.75) is 51.2 Å². The van der Waals surface area contributed by atoms with Crippen LogP contribution in [0.4, 0.5) is 4.39 Å². The van der Waals surface area contributed by atoms with Crippen LogP contribution in [0.2, 0.25) is 0 Å². The van der Waals surface area contributed by atoms with Crippen LogP contribution in [-0.2, 0) is 11.2 Å². The lowest BCUT2D eigenvalue weighted by atomic mass is 9.72. The van der Waals surface area contributed by atoms with Crippen molar-refractivity contribution < 1.29 is 14.3 Å². The van der Waals surface area contributed by atoms with Gasteiger partial charge < -0.3 is 14.9 Å². The smallest absolute Gasteiger partial charge is 0.328 e. The van der Waals surface area contributed by atoms with Gasteiger partial charge in [0.15, 0.2) is 0 Å². The third kappa shape index (κ3) is 4.86. The van der Waals surface area contributed by atoms with Crippen LogP contribution in [0, 0.1) is 18.2 Å². The predicted octanol–water partition coefficient (Wildman–Crippen LogP) is 1.46. The van der Waals surface area contributed by atoms with E-state index in [4.69, 9.17) is 0 Å². The maximum Gasteiger partial charge on any atom is 0.328 e. The molecule has 0 unspecified atom stereocenters. The third-order valence-electron chi connectivity index (χ3n) is 7.51. The molecule has 1 aromatic carbocycles. The number of carbonyl (C=O) groups excluding carboxylic acids is 1. The lowest BCUT2D eigenvalue weighted by Crippen LogP contribution is -2.51. The van der Waals surface area contributed by atoms with Crippen LogP contribution in [0.5, 0.6) is 0 Å². The second-order valence-electron chi connectivity index (χ2n) is 9.83. The van der Waals surface area contributed by atoms with Gasteiger partial charge in [0.1, 0.15) is 5.82 Å². The van der Waals surface area contributed by atoms with Crippen LogP contribution >= 0.6 is 0 Å². The number of H-pyrrole nitrogens is 1. The number of nitrogens with one attached hydrogen (secondary N) is 1. The zero-order valence-corrected chi connectivity index (χ0v) is 19.8. The quantitative estimate of drug-likeness (QED) is 0.702. The number of hydrogen-bond donors (Lipinski definition) is 2. The number of aliphatic hydroxyl groups excluding tert-OH is 1. The van der Waals surface area contributed by atoms with E-state index in [0.29, 0.717) is 56.3 Å². The first-order valence-corrected chi connectivity index (χ1v) is 11.9. The Bertz CT molecular complexity index is 1150. The number of rotatable bonds is 4. The summed E-state index contributed by atoms with van der Waals surface area (Å²) >= 11 is 0. The summed E-state index contributed by atoms with van der Waals surface area (Å²) in [4.78, 5) is 44.4. The molecule has 2 aliphatic rings. The summed E-state index contributed by atoms with van der Waals surface area (Å²) in [5.41, 5.74) is -0.780. The average molecular weight is 473 g/mol. The highest BCUT2D eigenvalue weighted by atomic mass is 19.1. The Balaban J connectivity index is 1.58. The maximum atomic E-state index is 14.5. The molecule has 0 radical (unpaired) electrons. The molecule has 0 saturated carbocycles. The summed E-state index contributed by atoms with van der Waals surface area (Å²) in [5.74, 6) is -0.311. The molecule has 2 aliphatic heterocycles. The molecule has 1 aromatic heterocycles. The number of carbonyl (C=O) groups is 1. The lowest BCUT2D eigenvalue weighted by Gasteiger charge is -2.42. The Morgan fingerprint density at radius 2 is 1.82 bits per heavy atom. The van der Waals surface area contributed by atoms with Gasteiger partial charge in [-0.25, -0.2) is 9.18 Å². The Kier molecular flexibility index (Phi) is 7.04. The van der Waals surface area contributed by atoms with Gasteiger partial charge >= 0.3 is 5.69 Å². The molecule has 2 atom stereocenters. The van der Waals surface area contributed by atoms with Crippen LogP contribution in [-0.4, -0.2) is 69.7 Å². The zero-order valence-electron chi connectivity index (χ0n) is 19.8. The maximum absolute atomic E-state index is 14.5. The van der Waals surface area contributed by atoms with E-state index in [1.54, 1.807) is 30.0 Å². The molecule has 0 bridgehead atoms. The Morgan fingerprint density at radius 1 is 1.15 bits per heavy atom. The number of nitrogens with zero attached hydrogens (tertiary/aromatic N) is 3. The molecule has 2 fully saturated rings. The van der Waals surface area contributed by atoms with E-state index in [2.05, 4.69) is 9.88 Å². The van der Waals surface area contributed by atoms with E-state index < -0.39 is 28.8 Å². The number of amides is 1. The SMILES string of the molecule is Cc1cn([C@H]2CCN(C(=O)C3(Cc4ccccc4F)CCN(C)CC3)CC[C@@H]2O)c(=O)[nH]c1=O. The molecule has 2 aromatic rings. The highest BCUT2D eigenvalue weighted by Gasteiger charge is 2.44. The Labute approximate surface area is 198 Å². The molecular weight excluding hydrogens is 439 g/mol. The fraction of sp³-hybridized carbons (Fsp3) is 0.560. The van der Waals surface area contributed by atoms with E-state index >= 15 is 0 Å². The number of aromatic amines is 1. The fourth-order valence-corrected chi connectivity index (χ4v) is 5.29. The normalized spacial score (nSPS) is 23.5. The first-order valence-electron chi connectivity index (χ1n) is 11.9. The van der Waals surface area contributed by atoms with Crippen molar-refractivity contribution >= 4 is 5.91 Å². The van der Waals surface area contributed by atoms with Crippen LogP contribution in [0.15, 0.2) is 40.1 Å². The molecule has 4 rings (SSSR count). The molecule has 3 heterocycles. The van der Waals surface area contributed by atoms with Crippen molar-refractivity contribution in [2.24, 2.45) is 5.41 Å². The molecule has 0 spiro atoms. The van der Waals surface area contributed by atoms with Crippen molar-refractivity contribution in [1.82, 2.24) is 19.4 Å². The van der Waals surface area contributed by atoms with Gasteiger partial charge in [-0.3, -0.25) is 19.1 Å². The molecule has 8 nitrogen and oxygen atoms in total. The van der Waals surface area contributed by atoms with Crippen molar-refractivity contribution in [3.63, 3.8) is 0 Å². The summed E-state index contributed by atoms with van der Waals surface area (Å²) in [7, 11) is 2.02. The number of halogens is 1. The average Bonchev–Trinajstić information content (AvgIpc) is 3.00. The van der Waals surface area contributed by atoms with Crippen LogP contribution < -0.4 is 11.2 Å². The zero-order chi connectivity index (χ0) is 24.5. The van der Waals surface area contributed by atoms with Crippen molar-refractivity contribution in [3.8, 4) is 0 Å². The first kappa shape index (κ1) is 24.3. The summed E-state index contributed by atoms with van der Waals surface area (Å²) in [5, 5.41) is 10.8. The van der Waals surface area contributed by atoms with Gasteiger partial charge in [0.25, 0.3) is 5.56 Å². The predicted molar refractivity (Wildman–Crippen MR) is 126 cm³/mol. The summed E-state index contributed by atoms with van der Waals surface area (Å²) in [6.07, 6.45) is 2.96. The van der Waals surface area contributed by atoms with Crippen LogP contribution in [0.25, 0.3) is 0 Å². The van der Waals surface area contributed by atoms with Crippen molar-refractivity contribution in [3.05, 3.63) is 68.2 Å². The summed E-state index contributed by atoms with van der Waals surface area (Å²) < 4.78 is 15.9. The van der Waals surface area contributed by atoms with Gasteiger partial charge in [-0.05, 0) is 70.8 Å². The number of aromatic nitrogens is 2. The standard InChI is InChI=1S/C25H33FN4O4/c1-17-16-30(24(34)27-22(17)32)20-7-11-29(12-8-21(20)31)23(33)25(9-13-28(2)14-10-25)15-18-5-3-4-6-19(18)26/h3-6,16,20-21,31H,7-15H2,1-2H3,(H,27,32,34)/t20-,21-/m0/s1. The number of aryl methyl sites for hydroxylation is 1. The Morgan fingerprint density at radius 3 is 2.53 bits per heavy atom. The minimum atomic E-state index is -0.833. The van der Waals surface area contributed by atoms with Crippen molar-refractivity contribution in [2.75, 3.05) is 33.2 Å². The van der Waals surface area contributed by atoms with E-state index in [0.717, 1.165) is 13.1 Å². The third-order valence-corrected chi connectivity index (χ3v) is 7.51. The molecule has 9 heteroatoms.